The fourth-order valence-electron chi connectivity index (χ4n) is 1.46. The van der Waals surface area contributed by atoms with Crippen LogP contribution in [0.25, 0.3) is 0 Å². The number of aromatic carboxylic acids is 1. The van der Waals surface area contributed by atoms with Gasteiger partial charge in [-0.1, -0.05) is 15.9 Å². The maximum Gasteiger partial charge on any atom is 0.389 e. The second-order valence-corrected chi connectivity index (χ2v) is 5.01. The van der Waals surface area contributed by atoms with Gasteiger partial charge in [0, 0.05) is 17.4 Å². The summed E-state index contributed by atoms with van der Waals surface area (Å²) >= 11 is 3.13. The molecule has 0 spiro atoms. The number of nitrogens with one attached hydrogen (secondary N) is 2. The van der Waals surface area contributed by atoms with Crippen molar-refractivity contribution in [3.05, 3.63) is 28.2 Å². The predicted octanol–water partition coefficient (Wildman–Crippen LogP) is 3.61. The summed E-state index contributed by atoms with van der Waals surface area (Å²) in [5.74, 6) is -1.23. The number of carbonyl (C=O) groups excluding carboxylic acids is 1. The van der Waals surface area contributed by atoms with Crippen molar-refractivity contribution in [2.45, 2.75) is 19.0 Å². The summed E-state index contributed by atoms with van der Waals surface area (Å²) in [4.78, 5) is 22.5. The molecule has 0 bridgehead atoms. The van der Waals surface area contributed by atoms with Crippen molar-refractivity contribution < 1.29 is 27.9 Å². The van der Waals surface area contributed by atoms with Crippen LogP contribution in [-0.2, 0) is 0 Å². The largest absolute Gasteiger partial charge is 0.478 e. The number of alkyl halides is 3. The van der Waals surface area contributed by atoms with Gasteiger partial charge in [0.15, 0.2) is 0 Å². The number of amides is 2. The van der Waals surface area contributed by atoms with Crippen LogP contribution in [-0.4, -0.2) is 29.8 Å². The number of halogens is 4. The standard InChI is InChI=1S/C12H12BrF3N2O3/c13-7-2-3-8(10(19)20)9(6-7)18-11(21)17-5-1-4-12(14,15)16/h2-3,6H,1,4-5H2,(H,19,20)(H2,17,18,21). The molecule has 0 atom stereocenters. The Hall–Kier alpha value is -1.77. The molecule has 0 fully saturated rings. The topological polar surface area (TPSA) is 78.4 Å². The number of carbonyl (C=O) groups is 2. The monoisotopic (exact) mass is 368 g/mol. The molecule has 2 amide bonds. The molecule has 0 saturated carbocycles. The summed E-state index contributed by atoms with van der Waals surface area (Å²) in [5, 5.41) is 13.5. The smallest absolute Gasteiger partial charge is 0.389 e. The molecule has 1 aromatic rings. The minimum Gasteiger partial charge on any atom is -0.478 e. The fraction of sp³-hybridized carbons (Fsp3) is 0.333. The van der Waals surface area contributed by atoms with Crippen LogP contribution in [0.3, 0.4) is 0 Å². The zero-order chi connectivity index (χ0) is 16.0. The third-order valence-electron chi connectivity index (χ3n) is 2.38. The van der Waals surface area contributed by atoms with Crippen LogP contribution in [0.2, 0.25) is 0 Å². The maximum absolute atomic E-state index is 11.9. The first-order valence-electron chi connectivity index (χ1n) is 5.83. The second kappa shape index (κ2) is 7.30. The molecule has 0 aliphatic carbocycles. The van der Waals surface area contributed by atoms with Gasteiger partial charge in [0.05, 0.1) is 11.3 Å². The van der Waals surface area contributed by atoms with Gasteiger partial charge in [0.1, 0.15) is 0 Å². The molecule has 1 aromatic carbocycles. The molecule has 3 N–H and O–H groups in total. The first kappa shape index (κ1) is 17.3. The Morgan fingerprint density at radius 1 is 1.29 bits per heavy atom. The van der Waals surface area contributed by atoms with E-state index in [1.807, 2.05) is 0 Å². The third kappa shape index (κ3) is 6.48. The van der Waals surface area contributed by atoms with E-state index in [4.69, 9.17) is 5.11 Å². The van der Waals surface area contributed by atoms with Crippen LogP contribution in [0.15, 0.2) is 22.7 Å². The van der Waals surface area contributed by atoms with Crippen LogP contribution >= 0.6 is 15.9 Å². The van der Waals surface area contributed by atoms with Gasteiger partial charge in [-0.25, -0.2) is 9.59 Å². The minimum atomic E-state index is -4.26. The lowest BCUT2D eigenvalue weighted by Crippen LogP contribution is -2.30. The molecule has 5 nitrogen and oxygen atoms in total. The molecular formula is C12H12BrF3N2O3. The summed E-state index contributed by atoms with van der Waals surface area (Å²) in [6, 6.07) is 3.41. The lowest BCUT2D eigenvalue weighted by molar-refractivity contribution is -0.135. The van der Waals surface area contributed by atoms with Gasteiger partial charge in [0.2, 0.25) is 0 Å². The van der Waals surface area contributed by atoms with E-state index in [0.717, 1.165) is 0 Å². The van der Waals surface area contributed by atoms with Crippen LogP contribution in [0, 0.1) is 0 Å². The molecule has 1 rings (SSSR count). The summed E-state index contributed by atoms with van der Waals surface area (Å²) in [6.07, 6.45) is -5.51. The van der Waals surface area contributed by atoms with E-state index in [0.29, 0.717) is 4.47 Å². The van der Waals surface area contributed by atoms with Gasteiger partial charge < -0.3 is 15.7 Å². The first-order chi connectivity index (χ1) is 9.69. The van der Waals surface area contributed by atoms with Crippen LogP contribution < -0.4 is 10.6 Å². The van der Waals surface area contributed by atoms with Crippen molar-refractivity contribution in [3.8, 4) is 0 Å². The number of carboxylic acid groups (broad SMARTS) is 1. The number of hydrogen-bond donors (Lipinski definition) is 3. The average molecular weight is 369 g/mol. The lowest BCUT2D eigenvalue weighted by Gasteiger charge is -2.11. The quantitative estimate of drug-likeness (QED) is 0.694. The Morgan fingerprint density at radius 2 is 1.95 bits per heavy atom. The number of carboxylic acids is 1. The summed E-state index contributed by atoms with van der Waals surface area (Å²) in [5.41, 5.74) is -0.0752. The highest BCUT2D eigenvalue weighted by atomic mass is 79.9. The Bertz CT molecular complexity index is 535. The molecule has 0 heterocycles. The highest BCUT2D eigenvalue weighted by Gasteiger charge is 2.26. The van der Waals surface area contributed by atoms with Gasteiger partial charge >= 0.3 is 18.2 Å². The molecule has 116 valence electrons. The van der Waals surface area contributed by atoms with Gasteiger partial charge in [-0.15, -0.1) is 0 Å². The van der Waals surface area contributed by atoms with E-state index < -0.39 is 24.6 Å². The number of benzene rings is 1. The summed E-state index contributed by atoms with van der Waals surface area (Å²) in [6.45, 7) is -0.165. The summed E-state index contributed by atoms with van der Waals surface area (Å²) in [7, 11) is 0. The number of hydrogen-bond acceptors (Lipinski definition) is 2. The van der Waals surface area contributed by atoms with Crippen LogP contribution in [0.5, 0.6) is 0 Å². The zero-order valence-corrected chi connectivity index (χ0v) is 12.2. The highest BCUT2D eigenvalue weighted by molar-refractivity contribution is 9.10. The van der Waals surface area contributed by atoms with Crippen LogP contribution in [0.4, 0.5) is 23.7 Å². The predicted molar refractivity (Wildman–Crippen MR) is 73.4 cm³/mol. The van der Waals surface area contributed by atoms with Crippen molar-refractivity contribution in [1.82, 2.24) is 5.32 Å². The van der Waals surface area contributed by atoms with Crippen molar-refractivity contribution in [3.63, 3.8) is 0 Å². The Balaban J connectivity index is 2.55. The van der Waals surface area contributed by atoms with Gasteiger partial charge in [0.25, 0.3) is 0 Å². The van der Waals surface area contributed by atoms with Gasteiger partial charge in [-0.3, -0.25) is 0 Å². The molecule has 0 unspecified atom stereocenters. The van der Waals surface area contributed by atoms with E-state index >= 15 is 0 Å². The molecular weight excluding hydrogens is 357 g/mol. The SMILES string of the molecule is O=C(NCCCC(F)(F)F)Nc1cc(Br)ccc1C(=O)O. The molecule has 0 saturated heterocycles. The zero-order valence-electron chi connectivity index (χ0n) is 10.6. The third-order valence-corrected chi connectivity index (χ3v) is 2.88. The first-order valence-corrected chi connectivity index (χ1v) is 6.63. The molecule has 0 aromatic heterocycles. The molecule has 9 heteroatoms. The molecule has 0 aliphatic rings. The molecule has 0 aliphatic heterocycles. The number of rotatable bonds is 5. The van der Waals surface area contributed by atoms with E-state index in [2.05, 4.69) is 26.6 Å². The van der Waals surface area contributed by atoms with E-state index in [9.17, 15) is 22.8 Å². The fourth-order valence-corrected chi connectivity index (χ4v) is 1.82. The maximum atomic E-state index is 11.9. The van der Waals surface area contributed by atoms with Crippen molar-refractivity contribution in [2.24, 2.45) is 0 Å². The van der Waals surface area contributed by atoms with Crippen molar-refractivity contribution >= 4 is 33.6 Å². The van der Waals surface area contributed by atoms with E-state index in [-0.39, 0.29) is 24.2 Å². The Kier molecular flexibility index (Phi) is 6.01. The molecule has 21 heavy (non-hydrogen) atoms. The number of anilines is 1. The van der Waals surface area contributed by atoms with Crippen molar-refractivity contribution in [1.29, 1.82) is 0 Å². The van der Waals surface area contributed by atoms with E-state index in [1.165, 1.54) is 18.2 Å². The lowest BCUT2D eigenvalue weighted by atomic mass is 10.2. The second-order valence-electron chi connectivity index (χ2n) is 4.09. The van der Waals surface area contributed by atoms with Gasteiger partial charge in [-0.2, -0.15) is 13.2 Å². The minimum absolute atomic E-state index is 0.0465. The molecule has 0 radical (unpaired) electrons. The van der Waals surface area contributed by atoms with E-state index in [1.54, 1.807) is 0 Å². The Morgan fingerprint density at radius 3 is 2.52 bits per heavy atom. The summed E-state index contributed by atoms with van der Waals surface area (Å²) < 4.78 is 36.3. The van der Waals surface area contributed by atoms with Crippen molar-refractivity contribution in [2.75, 3.05) is 11.9 Å². The van der Waals surface area contributed by atoms with Crippen LogP contribution in [0.1, 0.15) is 23.2 Å². The Labute approximate surface area is 126 Å². The normalized spacial score (nSPS) is 11.0. The average Bonchev–Trinajstić information content (AvgIpc) is 2.33. The highest BCUT2D eigenvalue weighted by Crippen LogP contribution is 2.22. The number of urea groups is 1. The van der Waals surface area contributed by atoms with Gasteiger partial charge in [-0.05, 0) is 24.6 Å².